The highest BCUT2D eigenvalue weighted by atomic mass is 79.9. The number of halogens is 1. The smallest absolute Gasteiger partial charge is 0.337 e. The van der Waals surface area contributed by atoms with Crippen molar-refractivity contribution in [3.63, 3.8) is 0 Å². The number of likely N-dealkylation sites (N-methyl/N-ethyl adjacent to an activating group) is 1. The zero-order valence-electron chi connectivity index (χ0n) is 13.2. The maximum atomic E-state index is 12.7. The fourth-order valence-corrected chi connectivity index (χ4v) is 3.94. The molecule has 0 fully saturated rings. The van der Waals surface area contributed by atoms with E-state index in [1.807, 2.05) is 11.9 Å². The maximum Gasteiger partial charge on any atom is 0.337 e. The molecule has 3 rings (SSSR count). The summed E-state index contributed by atoms with van der Waals surface area (Å²) in [5.74, 6) is -0.611. The lowest BCUT2D eigenvalue weighted by Crippen LogP contribution is -2.29. The Morgan fingerprint density at radius 3 is 2.76 bits per heavy atom. The minimum Gasteiger partial charge on any atom is -0.490 e. The molecule has 1 aliphatic rings. The largest absolute Gasteiger partial charge is 0.490 e. The number of carboxylic acids is 1. The Morgan fingerprint density at radius 2 is 2.04 bits per heavy atom. The number of ether oxygens (including phenoxy) is 1. The lowest BCUT2D eigenvalue weighted by Gasteiger charge is -2.28. The van der Waals surface area contributed by atoms with Crippen molar-refractivity contribution in [2.24, 2.45) is 0 Å². The molecule has 0 aliphatic carbocycles. The first-order chi connectivity index (χ1) is 11.8. The van der Waals surface area contributed by atoms with Crippen LogP contribution >= 0.6 is 15.9 Å². The summed E-state index contributed by atoms with van der Waals surface area (Å²) in [5, 5.41) is 9.27. The number of carboxylic acid groups (broad SMARTS) is 1. The summed E-state index contributed by atoms with van der Waals surface area (Å²) in [6.45, 7) is 1.19. The van der Waals surface area contributed by atoms with Gasteiger partial charge in [0, 0.05) is 11.5 Å². The zero-order valence-corrected chi connectivity index (χ0v) is 15.6. The van der Waals surface area contributed by atoms with Crippen molar-refractivity contribution in [2.75, 3.05) is 29.8 Å². The van der Waals surface area contributed by atoms with E-state index in [9.17, 15) is 18.3 Å². The molecule has 2 N–H and O–H groups in total. The first-order valence-corrected chi connectivity index (χ1v) is 9.59. The molecule has 0 saturated heterocycles. The predicted molar refractivity (Wildman–Crippen MR) is 97.1 cm³/mol. The third-order valence-corrected chi connectivity index (χ3v) is 5.65. The van der Waals surface area contributed by atoms with Crippen molar-refractivity contribution in [1.82, 2.24) is 0 Å². The van der Waals surface area contributed by atoms with E-state index in [-0.39, 0.29) is 16.1 Å². The van der Waals surface area contributed by atoms with Gasteiger partial charge in [0.25, 0.3) is 10.0 Å². The number of sulfonamides is 1. The van der Waals surface area contributed by atoms with Crippen LogP contribution in [0.25, 0.3) is 0 Å². The first-order valence-electron chi connectivity index (χ1n) is 7.31. The molecule has 0 aromatic heterocycles. The Balaban J connectivity index is 1.98. The van der Waals surface area contributed by atoms with Crippen molar-refractivity contribution in [3.8, 4) is 5.75 Å². The van der Waals surface area contributed by atoms with Gasteiger partial charge in [0.1, 0.15) is 12.4 Å². The molecule has 0 atom stereocenters. The van der Waals surface area contributed by atoms with Crippen LogP contribution in [-0.4, -0.2) is 39.7 Å². The quantitative estimate of drug-likeness (QED) is 0.779. The third-order valence-electron chi connectivity index (χ3n) is 3.79. The minimum atomic E-state index is -3.95. The number of rotatable bonds is 4. The Labute approximate surface area is 153 Å². The summed E-state index contributed by atoms with van der Waals surface area (Å²) in [5.41, 5.74) is 0.526. The van der Waals surface area contributed by atoms with E-state index in [1.165, 1.54) is 24.3 Å². The Morgan fingerprint density at radius 1 is 1.28 bits per heavy atom. The molecule has 0 unspecified atom stereocenters. The second kappa shape index (κ2) is 6.57. The van der Waals surface area contributed by atoms with Gasteiger partial charge in [-0.15, -0.1) is 0 Å². The van der Waals surface area contributed by atoms with Gasteiger partial charge in [-0.2, -0.15) is 0 Å². The van der Waals surface area contributed by atoms with Crippen LogP contribution in [0.1, 0.15) is 10.4 Å². The summed E-state index contributed by atoms with van der Waals surface area (Å²) in [4.78, 5) is 13.3. The van der Waals surface area contributed by atoms with Crippen LogP contribution in [-0.2, 0) is 10.0 Å². The topological polar surface area (TPSA) is 95.9 Å². The van der Waals surface area contributed by atoms with Crippen LogP contribution in [0.15, 0.2) is 45.8 Å². The predicted octanol–water partition coefficient (Wildman–Crippen LogP) is 2.78. The molecule has 132 valence electrons. The Hall–Kier alpha value is -2.26. The van der Waals surface area contributed by atoms with Crippen LogP contribution in [0.4, 0.5) is 11.4 Å². The normalized spacial score (nSPS) is 13.8. The van der Waals surface area contributed by atoms with Crippen LogP contribution in [0.5, 0.6) is 5.75 Å². The molecule has 0 radical (unpaired) electrons. The molecule has 2 aromatic carbocycles. The third kappa shape index (κ3) is 3.57. The molecule has 0 spiro atoms. The fourth-order valence-electron chi connectivity index (χ4n) is 2.48. The first kappa shape index (κ1) is 17.6. The number of anilines is 2. The summed E-state index contributed by atoms with van der Waals surface area (Å²) in [6.07, 6.45) is 0. The molecule has 1 aliphatic heterocycles. The zero-order chi connectivity index (χ0) is 18.2. The van der Waals surface area contributed by atoms with E-state index in [4.69, 9.17) is 4.74 Å². The molecular weight excluding hydrogens is 412 g/mol. The second-order valence-corrected chi connectivity index (χ2v) is 8.10. The van der Waals surface area contributed by atoms with E-state index in [1.54, 1.807) is 12.1 Å². The van der Waals surface area contributed by atoms with Crippen LogP contribution in [0.3, 0.4) is 0 Å². The molecule has 0 bridgehead atoms. The van der Waals surface area contributed by atoms with Gasteiger partial charge in [-0.1, -0.05) is 15.9 Å². The summed E-state index contributed by atoms with van der Waals surface area (Å²) in [7, 11) is -2.10. The lowest BCUT2D eigenvalue weighted by molar-refractivity contribution is 0.0698. The van der Waals surface area contributed by atoms with Gasteiger partial charge < -0.3 is 14.7 Å². The number of nitrogens with zero attached hydrogens (tertiary/aromatic N) is 1. The van der Waals surface area contributed by atoms with Crippen LogP contribution in [0, 0.1) is 0 Å². The molecule has 1 heterocycles. The van der Waals surface area contributed by atoms with Crippen molar-refractivity contribution >= 4 is 43.3 Å². The van der Waals surface area contributed by atoms with E-state index >= 15 is 0 Å². The number of carbonyl (C=O) groups is 1. The van der Waals surface area contributed by atoms with Gasteiger partial charge >= 0.3 is 5.97 Å². The average molecular weight is 427 g/mol. The van der Waals surface area contributed by atoms with Gasteiger partial charge in [0.15, 0.2) is 0 Å². The summed E-state index contributed by atoms with van der Waals surface area (Å²) >= 11 is 3.18. The van der Waals surface area contributed by atoms with Gasteiger partial charge in [0.05, 0.1) is 28.4 Å². The highest BCUT2D eigenvalue weighted by Gasteiger charge is 2.22. The molecule has 0 saturated carbocycles. The highest BCUT2D eigenvalue weighted by Crippen LogP contribution is 2.33. The molecule has 25 heavy (non-hydrogen) atoms. The molecular formula is C16H15BrN2O5S. The Bertz CT molecular complexity index is 946. The lowest BCUT2D eigenvalue weighted by atomic mass is 10.2. The van der Waals surface area contributed by atoms with E-state index < -0.39 is 16.0 Å². The van der Waals surface area contributed by atoms with E-state index in [2.05, 4.69) is 20.7 Å². The molecule has 2 aromatic rings. The monoisotopic (exact) mass is 426 g/mol. The fraction of sp³-hybridized carbons (Fsp3) is 0.188. The van der Waals surface area contributed by atoms with Crippen molar-refractivity contribution in [2.45, 2.75) is 4.90 Å². The minimum absolute atomic E-state index is 0.00183. The van der Waals surface area contributed by atoms with E-state index in [0.717, 1.165) is 0 Å². The van der Waals surface area contributed by atoms with Crippen molar-refractivity contribution in [3.05, 3.63) is 46.4 Å². The van der Waals surface area contributed by atoms with Crippen molar-refractivity contribution < 1.29 is 23.1 Å². The highest BCUT2D eigenvalue weighted by molar-refractivity contribution is 9.10. The number of hydrogen-bond acceptors (Lipinski definition) is 5. The number of fused-ring (bicyclic) bond motifs is 1. The SMILES string of the molecule is CN1CCOc2ccc(S(=O)(=O)Nc3ccc(Br)cc3C(=O)O)cc21. The molecule has 0 amide bonds. The average Bonchev–Trinajstić information content (AvgIpc) is 2.56. The number of nitrogens with one attached hydrogen (secondary N) is 1. The van der Waals surface area contributed by atoms with E-state index in [0.29, 0.717) is 29.1 Å². The van der Waals surface area contributed by atoms with Gasteiger partial charge in [-0.25, -0.2) is 13.2 Å². The molecule has 9 heteroatoms. The number of hydrogen-bond donors (Lipinski definition) is 2. The standard InChI is InChI=1S/C16H15BrN2O5S/c1-19-6-7-24-15-5-3-11(9-14(15)19)25(22,23)18-13-4-2-10(17)8-12(13)16(20)21/h2-5,8-9,18H,6-7H2,1H3,(H,20,21). The van der Waals surface area contributed by atoms with Gasteiger partial charge in [-0.3, -0.25) is 4.72 Å². The molecule has 7 nitrogen and oxygen atoms in total. The number of benzene rings is 2. The van der Waals surface area contributed by atoms with Crippen molar-refractivity contribution in [1.29, 1.82) is 0 Å². The number of aromatic carboxylic acids is 1. The maximum absolute atomic E-state index is 12.7. The summed E-state index contributed by atoms with van der Waals surface area (Å²) in [6, 6.07) is 8.85. The Kier molecular flexibility index (Phi) is 4.61. The van der Waals surface area contributed by atoms with Crippen LogP contribution < -0.4 is 14.4 Å². The van der Waals surface area contributed by atoms with Gasteiger partial charge in [-0.05, 0) is 36.4 Å². The van der Waals surface area contributed by atoms with Gasteiger partial charge in [0.2, 0.25) is 0 Å². The summed E-state index contributed by atoms with van der Waals surface area (Å²) < 4.78 is 33.7. The van der Waals surface area contributed by atoms with Crippen LogP contribution in [0.2, 0.25) is 0 Å². The second-order valence-electron chi connectivity index (χ2n) is 5.50.